The summed E-state index contributed by atoms with van der Waals surface area (Å²) in [5.41, 5.74) is 6.15. The SMILES string of the molecule is C=C/C(=C\CC(CCC)=Nc1cc(CN2CCC(c3cc(Cl)cc(Cl)c3)CC2)ccc1C)C(=O)OC. The van der Waals surface area contributed by atoms with Gasteiger partial charge >= 0.3 is 5.97 Å². The summed E-state index contributed by atoms with van der Waals surface area (Å²) in [6, 6.07) is 12.4. The minimum Gasteiger partial charge on any atom is -0.465 e. The van der Waals surface area contributed by atoms with E-state index in [2.05, 4.69) is 43.5 Å². The maximum absolute atomic E-state index is 11.9. The Kier molecular flexibility index (Phi) is 10.8. The molecule has 0 amide bonds. The Balaban J connectivity index is 1.68. The summed E-state index contributed by atoms with van der Waals surface area (Å²) in [7, 11) is 1.38. The van der Waals surface area contributed by atoms with Gasteiger partial charge in [0.1, 0.15) is 0 Å². The van der Waals surface area contributed by atoms with Gasteiger partial charge in [0, 0.05) is 28.7 Å². The van der Waals surface area contributed by atoms with Crippen LogP contribution in [0.3, 0.4) is 0 Å². The summed E-state index contributed by atoms with van der Waals surface area (Å²) in [6.07, 6.45) is 8.01. The monoisotopic (exact) mass is 526 g/mol. The highest BCUT2D eigenvalue weighted by Crippen LogP contribution is 2.32. The van der Waals surface area contributed by atoms with Crippen LogP contribution in [-0.2, 0) is 16.1 Å². The number of carbonyl (C=O) groups excluding carboxylic acids is 1. The van der Waals surface area contributed by atoms with E-state index in [9.17, 15) is 4.79 Å². The molecule has 36 heavy (non-hydrogen) atoms. The second-order valence-electron chi connectivity index (χ2n) is 9.36. The van der Waals surface area contributed by atoms with Crippen LogP contribution in [0.25, 0.3) is 0 Å². The van der Waals surface area contributed by atoms with E-state index in [4.69, 9.17) is 32.9 Å². The third kappa shape index (κ3) is 8.06. The molecule has 1 aliphatic rings. The molecule has 1 heterocycles. The molecule has 6 heteroatoms. The summed E-state index contributed by atoms with van der Waals surface area (Å²) < 4.78 is 4.83. The van der Waals surface area contributed by atoms with Crippen molar-refractivity contribution in [1.82, 2.24) is 4.90 Å². The predicted molar refractivity (Wildman–Crippen MR) is 152 cm³/mol. The zero-order chi connectivity index (χ0) is 26.1. The maximum Gasteiger partial charge on any atom is 0.337 e. The average Bonchev–Trinajstić information content (AvgIpc) is 2.86. The number of aryl methyl sites for hydroxylation is 1. The number of aliphatic imine (C=N–C) groups is 1. The van der Waals surface area contributed by atoms with Gasteiger partial charge < -0.3 is 4.74 Å². The number of hydrogen-bond donors (Lipinski definition) is 0. The molecule has 0 aromatic heterocycles. The van der Waals surface area contributed by atoms with Crippen molar-refractivity contribution in [2.24, 2.45) is 4.99 Å². The summed E-state index contributed by atoms with van der Waals surface area (Å²) in [6.45, 7) is 10.9. The topological polar surface area (TPSA) is 41.9 Å². The molecule has 2 aromatic carbocycles. The van der Waals surface area contributed by atoms with E-state index >= 15 is 0 Å². The molecule has 0 bridgehead atoms. The molecule has 3 rings (SSSR count). The van der Waals surface area contributed by atoms with E-state index < -0.39 is 0 Å². The van der Waals surface area contributed by atoms with Gasteiger partial charge in [-0.2, -0.15) is 0 Å². The highest BCUT2D eigenvalue weighted by atomic mass is 35.5. The number of carbonyl (C=O) groups is 1. The Bertz CT molecular complexity index is 1110. The molecule has 1 aliphatic heterocycles. The molecule has 0 N–H and O–H groups in total. The molecule has 192 valence electrons. The number of benzene rings is 2. The Labute approximate surface area is 225 Å². The molecule has 0 radical (unpaired) electrons. The number of piperidine rings is 1. The van der Waals surface area contributed by atoms with Crippen LogP contribution >= 0.6 is 23.2 Å². The fourth-order valence-corrected chi connectivity index (χ4v) is 5.17. The van der Waals surface area contributed by atoms with Crippen molar-refractivity contribution in [3.05, 3.63) is 87.4 Å². The Morgan fingerprint density at radius 2 is 1.86 bits per heavy atom. The van der Waals surface area contributed by atoms with Crippen LogP contribution in [0.15, 0.2) is 65.7 Å². The van der Waals surface area contributed by atoms with Crippen molar-refractivity contribution < 1.29 is 9.53 Å². The van der Waals surface area contributed by atoms with Crippen LogP contribution in [0.2, 0.25) is 10.0 Å². The van der Waals surface area contributed by atoms with E-state index in [0.29, 0.717) is 28.0 Å². The number of ether oxygens (including phenoxy) is 1. The first-order valence-corrected chi connectivity index (χ1v) is 13.3. The Hall–Kier alpha value is -2.40. The lowest BCUT2D eigenvalue weighted by atomic mass is 9.89. The predicted octanol–water partition coefficient (Wildman–Crippen LogP) is 8.23. The van der Waals surface area contributed by atoms with Crippen LogP contribution < -0.4 is 0 Å². The highest BCUT2D eigenvalue weighted by molar-refractivity contribution is 6.34. The number of rotatable bonds is 10. The normalized spacial score (nSPS) is 15.7. The first-order chi connectivity index (χ1) is 17.3. The van der Waals surface area contributed by atoms with Gasteiger partial charge in [-0.25, -0.2) is 4.79 Å². The van der Waals surface area contributed by atoms with Crippen molar-refractivity contribution in [1.29, 1.82) is 0 Å². The second-order valence-corrected chi connectivity index (χ2v) is 10.2. The number of esters is 1. The summed E-state index contributed by atoms with van der Waals surface area (Å²) in [5.74, 6) is 0.118. The first kappa shape index (κ1) is 28.2. The smallest absolute Gasteiger partial charge is 0.337 e. The van der Waals surface area contributed by atoms with E-state index in [1.807, 2.05) is 18.2 Å². The van der Waals surface area contributed by atoms with Gasteiger partial charge in [0.25, 0.3) is 0 Å². The first-order valence-electron chi connectivity index (χ1n) is 12.6. The van der Waals surface area contributed by atoms with Gasteiger partial charge in [-0.3, -0.25) is 9.89 Å². The minimum absolute atomic E-state index is 0.374. The standard InChI is InChI=1S/C30H36Cl2N2O2/c1-5-7-28(11-10-23(6-2)30(35)36-4)33-29-16-22(9-8-21(29)3)20-34-14-12-24(13-15-34)25-17-26(31)19-27(32)18-25/h6,8-10,16-19,24H,2,5,7,11-15,20H2,1,3-4H3/b23-10+,33-28?. The zero-order valence-electron chi connectivity index (χ0n) is 21.5. The summed E-state index contributed by atoms with van der Waals surface area (Å²) in [4.78, 5) is 19.4. The summed E-state index contributed by atoms with van der Waals surface area (Å²) in [5, 5.41) is 1.41. The minimum atomic E-state index is -0.374. The number of hydrogen-bond acceptors (Lipinski definition) is 4. The van der Waals surface area contributed by atoms with Gasteiger partial charge in [0.05, 0.1) is 18.4 Å². The van der Waals surface area contributed by atoms with Gasteiger partial charge in [-0.05, 0) is 86.1 Å². The zero-order valence-corrected chi connectivity index (χ0v) is 23.0. The molecule has 0 saturated carbocycles. The molecular weight excluding hydrogens is 491 g/mol. The number of halogens is 2. The van der Waals surface area contributed by atoms with Crippen LogP contribution in [-0.4, -0.2) is 36.8 Å². The number of allylic oxidation sites excluding steroid dienone is 1. The molecule has 0 unspecified atom stereocenters. The fraction of sp³-hybridized carbons (Fsp3) is 0.400. The lowest BCUT2D eigenvalue weighted by molar-refractivity contribution is -0.135. The fourth-order valence-electron chi connectivity index (χ4n) is 4.63. The quantitative estimate of drug-likeness (QED) is 0.135. The third-order valence-electron chi connectivity index (χ3n) is 6.64. The van der Waals surface area contributed by atoms with Crippen molar-refractivity contribution in [3.63, 3.8) is 0 Å². The molecule has 1 fully saturated rings. The van der Waals surface area contributed by atoms with E-state index in [-0.39, 0.29) is 5.97 Å². The second kappa shape index (κ2) is 13.8. The van der Waals surface area contributed by atoms with E-state index in [0.717, 1.165) is 62.3 Å². The van der Waals surface area contributed by atoms with Crippen molar-refractivity contribution in [2.45, 2.75) is 58.4 Å². The third-order valence-corrected chi connectivity index (χ3v) is 7.08. The molecule has 1 saturated heterocycles. The van der Waals surface area contributed by atoms with Crippen LogP contribution in [0, 0.1) is 6.92 Å². The van der Waals surface area contributed by atoms with Gasteiger partial charge in [-0.15, -0.1) is 0 Å². The molecule has 0 spiro atoms. The van der Waals surface area contributed by atoms with Gasteiger partial charge in [-0.1, -0.05) is 67.4 Å². The molecular formula is C30H36Cl2N2O2. The Morgan fingerprint density at radius 1 is 1.17 bits per heavy atom. The number of methoxy groups -OCH3 is 1. The van der Waals surface area contributed by atoms with Crippen molar-refractivity contribution in [3.8, 4) is 0 Å². The lowest BCUT2D eigenvalue weighted by Gasteiger charge is -2.32. The Morgan fingerprint density at radius 3 is 2.47 bits per heavy atom. The molecule has 0 aliphatic carbocycles. The van der Waals surface area contributed by atoms with Crippen molar-refractivity contribution in [2.75, 3.05) is 20.2 Å². The lowest BCUT2D eigenvalue weighted by Crippen LogP contribution is -2.32. The number of nitrogens with zero attached hydrogens (tertiary/aromatic N) is 2. The van der Waals surface area contributed by atoms with Crippen LogP contribution in [0.4, 0.5) is 5.69 Å². The molecule has 0 atom stereocenters. The average molecular weight is 528 g/mol. The van der Waals surface area contributed by atoms with Crippen LogP contribution in [0.5, 0.6) is 0 Å². The van der Waals surface area contributed by atoms with Crippen molar-refractivity contribution >= 4 is 40.6 Å². The van der Waals surface area contributed by atoms with Crippen LogP contribution in [0.1, 0.15) is 61.6 Å². The summed E-state index contributed by atoms with van der Waals surface area (Å²) >= 11 is 12.4. The van der Waals surface area contributed by atoms with E-state index in [1.54, 1.807) is 6.07 Å². The number of likely N-dealkylation sites (tertiary alicyclic amines) is 1. The molecule has 2 aromatic rings. The largest absolute Gasteiger partial charge is 0.465 e. The van der Waals surface area contributed by atoms with E-state index in [1.165, 1.54) is 24.3 Å². The molecule has 4 nitrogen and oxygen atoms in total. The van der Waals surface area contributed by atoms with Gasteiger partial charge in [0.15, 0.2) is 0 Å². The maximum atomic E-state index is 11.9. The highest BCUT2D eigenvalue weighted by Gasteiger charge is 2.21. The van der Waals surface area contributed by atoms with Gasteiger partial charge in [0.2, 0.25) is 0 Å².